The van der Waals surface area contributed by atoms with E-state index in [2.05, 4.69) is 31.1 Å². The maximum atomic E-state index is 12.1. The number of nitrogens with one attached hydrogen (secondary N) is 1. The third kappa shape index (κ3) is 2.95. The summed E-state index contributed by atoms with van der Waals surface area (Å²) in [5, 5.41) is 3.38. The van der Waals surface area contributed by atoms with Gasteiger partial charge in [-0.15, -0.1) is 0 Å². The van der Waals surface area contributed by atoms with Crippen LogP contribution in [0.1, 0.15) is 46.0 Å². The molecule has 2 fully saturated rings. The number of carbonyl (C=O) groups is 1. The number of likely N-dealkylation sites (N-methyl/N-ethyl adjacent to an activating group) is 1. The second kappa shape index (κ2) is 5.80. The highest BCUT2D eigenvalue weighted by molar-refractivity contribution is 5.81. The summed E-state index contributed by atoms with van der Waals surface area (Å²) in [6.07, 6.45) is 5.58. The number of nitrogens with zero attached hydrogens (tertiary/aromatic N) is 1. The van der Waals surface area contributed by atoms with Crippen molar-refractivity contribution in [3.8, 4) is 0 Å². The van der Waals surface area contributed by atoms with E-state index in [0.29, 0.717) is 12.1 Å². The predicted octanol–water partition coefficient (Wildman–Crippen LogP) is 1.79. The van der Waals surface area contributed by atoms with E-state index in [1.807, 2.05) is 0 Å². The highest BCUT2D eigenvalue weighted by Gasteiger charge is 2.48. The van der Waals surface area contributed by atoms with Crippen molar-refractivity contribution in [2.45, 2.75) is 63.6 Å². The Kier molecular flexibility index (Phi) is 4.51. The molecule has 110 valence electrons. The highest BCUT2D eigenvalue weighted by atomic mass is 16.5. The zero-order valence-electron chi connectivity index (χ0n) is 12.7. The summed E-state index contributed by atoms with van der Waals surface area (Å²) in [6, 6.07) is 1.13. The summed E-state index contributed by atoms with van der Waals surface area (Å²) < 4.78 is 5.02. The van der Waals surface area contributed by atoms with Crippen LogP contribution in [-0.4, -0.2) is 49.2 Å². The van der Waals surface area contributed by atoms with Crippen molar-refractivity contribution in [2.24, 2.45) is 5.92 Å². The Labute approximate surface area is 116 Å². The normalized spacial score (nSPS) is 32.6. The molecule has 0 amide bonds. The topological polar surface area (TPSA) is 41.6 Å². The molecule has 0 saturated heterocycles. The number of esters is 1. The molecule has 0 heterocycles. The summed E-state index contributed by atoms with van der Waals surface area (Å²) >= 11 is 0. The van der Waals surface area contributed by atoms with Gasteiger partial charge in [-0.3, -0.25) is 4.79 Å². The molecule has 1 N–H and O–H groups in total. The average Bonchev–Trinajstić information content (AvgIpc) is 3.18. The van der Waals surface area contributed by atoms with Gasteiger partial charge in [-0.25, -0.2) is 0 Å². The van der Waals surface area contributed by atoms with E-state index < -0.39 is 5.54 Å². The molecule has 4 nitrogen and oxygen atoms in total. The Bertz CT molecular complexity index is 330. The molecule has 19 heavy (non-hydrogen) atoms. The van der Waals surface area contributed by atoms with Gasteiger partial charge in [-0.05, 0) is 58.5 Å². The van der Waals surface area contributed by atoms with Crippen LogP contribution in [0, 0.1) is 5.92 Å². The summed E-state index contributed by atoms with van der Waals surface area (Å²) in [5.41, 5.74) is -0.453. The Balaban J connectivity index is 2.01. The average molecular weight is 268 g/mol. The summed E-state index contributed by atoms with van der Waals surface area (Å²) in [7, 11) is 3.71. The minimum atomic E-state index is -0.453. The van der Waals surface area contributed by atoms with Gasteiger partial charge < -0.3 is 15.0 Å². The van der Waals surface area contributed by atoms with Crippen LogP contribution in [0.25, 0.3) is 0 Å². The molecule has 2 rings (SSSR count). The minimum Gasteiger partial charge on any atom is -0.468 e. The van der Waals surface area contributed by atoms with E-state index in [-0.39, 0.29) is 5.97 Å². The van der Waals surface area contributed by atoms with Crippen molar-refractivity contribution in [1.29, 1.82) is 0 Å². The smallest absolute Gasteiger partial charge is 0.326 e. The first kappa shape index (κ1) is 14.8. The fourth-order valence-electron chi connectivity index (χ4n) is 3.56. The SMILES string of the molecule is CCNC1(C(=O)OC)CCC(N(C)C(C)C2CC2)C1. The van der Waals surface area contributed by atoms with Gasteiger partial charge in [-0.1, -0.05) is 6.92 Å². The lowest BCUT2D eigenvalue weighted by Crippen LogP contribution is -2.52. The van der Waals surface area contributed by atoms with E-state index in [0.717, 1.165) is 31.7 Å². The van der Waals surface area contributed by atoms with Crippen molar-refractivity contribution < 1.29 is 9.53 Å². The molecule has 0 aromatic carbocycles. The van der Waals surface area contributed by atoms with E-state index in [4.69, 9.17) is 4.74 Å². The second-order valence-electron chi connectivity index (χ2n) is 6.24. The summed E-state index contributed by atoms with van der Waals surface area (Å²) in [4.78, 5) is 14.6. The molecule has 0 aromatic rings. The maximum Gasteiger partial charge on any atom is 0.326 e. The quantitative estimate of drug-likeness (QED) is 0.746. The van der Waals surface area contributed by atoms with Gasteiger partial charge in [0.15, 0.2) is 0 Å². The molecular weight excluding hydrogens is 240 g/mol. The standard InChI is InChI=1S/C15H28N2O2/c1-5-16-15(14(18)19-4)9-8-13(10-15)17(3)11(2)12-6-7-12/h11-13,16H,5-10H2,1-4H3. The first-order valence-corrected chi connectivity index (χ1v) is 7.59. The molecule has 2 saturated carbocycles. The van der Waals surface area contributed by atoms with E-state index in [1.54, 1.807) is 0 Å². The highest BCUT2D eigenvalue weighted by Crippen LogP contribution is 2.39. The molecule has 4 heteroatoms. The van der Waals surface area contributed by atoms with Crippen molar-refractivity contribution in [3.05, 3.63) is 0 Å². The molecule has 0 aliphatic heterocycles. The number of methoxy groups -OCH3 is 1. The van der Waals surface area contributed by atoms with Crippen LogP contribution in [0.4, 0.5) is 0 Å². The first-order chi connectivity index (χ1) is 9.04. The van der Waals surface area contributed by atoms with Crippen molar-refractivity contribution in [1.82, 2.24) is 10.2 Å². The molecule has 0 radical (unpaired) electrons. The van der Waals surface area contributed by atoms with Crippen LogP contribution < -0.4 is 5.32 Å². The molecule has 2 aliphatic carbocycles. The predicted molar refractivity (Wildman–Crippen MR) is 76.0 cm³/mol. The van der Waals surface area contributed by atoms with Crippen LogP contribution in [0.2, 0.25) is 0 Å². The lowest BCUT2D eigenvalue weighted by Gasteiger charge is -2.33. The number of hydrogen-bond donors (Lipinski definition) is 1. The van der Waals surface area contributed by atoms with Crippen LogP contribution in [0.15, 0.2) is 0 Å². The van der Waals surface area contributed by atoms with Gasteiger partial charge in [0.2, 0.25) is 0 Å². The van der Waals surface area contributed by atoms with Gasteiger partial charge in [0.1, 0.15) is 5.54 Å². The van der Waals surface area contributed by atoms with Crippen LogP contribution >= 0.6 is 0 Å². The third-order valence-corrected chi connectivity index (χ3v) is 5.10. The van der Waals surface area contributed by atoms with Gasteiger partial charge in [-0.2, -0.15) is 0 Å². The number of carbonyl (C=O) groups excluding carboxylic acids is 1. The Morgan fingerprint density at radius 3 is 2.68 bits per heavy atom. The number of hydrogen-bond acceptors (Lipinski definition) is 4. The molecule has 2 aliphatic rings. The van der Waals surface area contributed by atoms with Gasteiger partial charge in [0.05, 0.1) is 7.11 Å². The number of ether oxygens (including phenoxy) is 1. The van der Waals surface area contributed by atoms with Crippen LogP contribution in [0.5, 0.6) is 0 Å². The largest absolute Gasteiger partial charge is 0.468 e. The molecule has 0 spiro atoms. The molecule has 3 atom stereocenters. The van der Waals surface area contributed by atoms with Crippen LogP contribution in [-0.2, 0) is 9.53 Å². The monoisotopic (exact) mass is 268 g/mol. The lowest BCUT2D eigenvalue weighted by molar-refractivity contribution is -0.148. The molecule has 0 bridgehead atoms. The number of rotatable bonds is 6. The lowest BCUT2D eigenvalue weighted by atomic mass is 9.97. The molecule has 0 aromatic heterocycles. The minimum absolute atomic E-state index is 0.0932. The summed E-state index contributed by atoms with van der Waals surface area (Å²) in [6.45, 7) is 5.18. The second-order valence-corrected chi connectivity index (χ2v) is 6.24. The summed E-state index contributed by atoms with van der Waals surface area (Å²) in [5.74, 6) is 0.779. The Morgan fingerprint density at radius 2 is 2.16 bits per heavy atom. The van der Waals surface area contributed by atoms with Crippen molar-refractivity contribution in [3.63, 3.8) is 0 Å². The zero-order chi connectivity index (χ0) is 14.0. The fraction of sp³-hybridized carbons (Fsp3) is 0.933. The van der Waals surface area contributed by atoms with E-state index >= 15 is 0 Å². The van der Waals surface area contributed by atoms with Crippen molar-refractivity contribution in [2.75, 3.05) is 20.7 Å². The van der Waals surface area contributed by atoms with E-state index in [9.17, 15) is 4.79 Å². The fourth-order valence-corrected chi connectivity index (χ4v) is 3.56. The van der Waals surface area contributed by atoms with Gasteiger partial charge >= 0.3 is 5.97 Å². The third-order valence-electron chi connectivity index (χ3n) is 5.10. The Hall–Kier alpha value is -0.610. The first-order valence-electron chi connectivity index (χ1n) is 7.59. The molecule has 3 unspecified atom stereocenters. The van der Waals surface area contributed by atoms with Crippen molar-refractivity contribution >= 4 is 5.97 Å². The van der Waals surface area contributed by atoms with Crippen LogP contribution in [0.3, 0.4) is 0 Å². The maximum absolute atomic E-state index is 12.1. The Morgan fingerprint density at radius 1 is 1.47 bits per heavy atom. The zero-order valence-corrected chi connectivity index (χ0v) is 12.7. The van der Waals surface area contributed by atoms with E-state index in [1.165, 1.54) is 20.0 Å². The van der Waals surface area contributed by atoms with Gasteiger partial charge in [0.25, 0.3) is 0 Å². The van der Waals surface area contributed by atoms with Gasteiger partial charge in [0, 0.05) is 12.1 Å². The molecular formula is C15H28N2O2.